The molecule has 0 saturated carbocycles. The number of rotatable bonds is 5. The van der Waals surface area contributed by atoms with E-state index in [0.717, 1.165) is 17.8 Å². The minimum atomic E-state index is -0.731. The first kappa shape index (κ1) is 22.7. The number of aryl methyl sites for hydroxylation is 1. The third-order valence-electron chi connectivity index (χ3n) is 4.70. The molecule has 6 nitrogen and oxygen atoms in total. The molecule has 0 fully saturated rings. The molecule has 0 spiro atoms. The average molecular weight is 430 g/mol. The van der Waals surface area contributed by atoms with Crippen LogP contribution in [0.1, 0.15) is 59.5 Å². The third kappa shape index (κ3) is 5.37. The lowest BCUT2D eigenvalue weighted by Gasteiger charge is -2.23. The zero-order chi connectivity index (χ0) is 23.0. The van der Waals surface area contributed by atoms with Crippen molar-refractivity contribution >= 4 is 11.7 Å². The number of anilines is 1. The van der Waals surface area contributed by atoms with E-state index in [9.17, 15) is 13.6 Å². The number of nitrogens with zero attached hydrogens (tertiary/aromatic N) is 3. The summed E-state index contributed by atoms with van der Waals surface area (Å²) in [6, 6.07) is 5.12. The minimum Gasteiger partial charge on any atom is -0.441 e. The molecule has 0 saturated heterocycles. The van der Waals surface area contributed by atoms with E-state index in [0.29, 0.717) is 11.7 Å². The van der Waals surface area contributed by atoms with Crippen LogP contribution in [0.5, 0.6) is 0 Å². The van der Waals surface area contributed by atoms with Crippen LogP contribution in [0.2, 0.25) is 0 Å². The zero-order valence-electron chi connectivity index (χ0n) is 18.7. The van der Waals surface area contributed by atoms with Crippen molar-refractivity contribution in [1.29, 1.82) is 0 Å². The van der Waals surface area contributed by atoms with Crippen LogP contribution < -0.4 is 5.32 Å². The van der Waals surface area contributed by atoms with Gasteiger partial charge in [0.25, 0.3) is 0 Å². The Hall–Kier alpha value is -3.03. The fraction of sp³-hybridized carbons (Fsp3) is 0.435. The van der Waals surface area contributed by atoms with Crippen molar-refractivity contribution in [2.45, 2.75) is 65.3 Å². The molecule has 166 valence electrons. The molecule has 1 aromatic carbocycles. The van der Waals surface area contributed by atoms with E-state index < -0.39 is 11.6 Å². The first-order chi connectivity index (χ1) is 14.3. The fourth-order valence-electron chi connectivity index (χ4n) is 3.01. The summed E-state index contributed by atoms with van der Waals surface area (Å²) in [4.78, 5) is 16.7. The van der Waals surface area contributed by atoms with Gasteiger partial charge in [-0.05, 0) is 32.9 Å². The second-order valence-corrected chi connectivity index (χ2v) is 9.54. The van der Waals surface area contributed by atoms with Crippen LogP contribution in [0.4, 0.5) is 14.6 Å². The van der Waals surface area contributed by atoms with Gasteiger partial charge >= 0.3 is 0 Å². The third-order valence-corrected chi connectivity index (χ3v) is 4.70. The van der Waals surface area contributed by atoms with Gasteiger partial charge in [-0.1, -0.05) is 20.8 Å². The summed E-state index contributed by atoms with van der Waals surface area (Å²) in [7, 11) is 0. The molecule has 0 aliphatic heterocycles. The van der Waals surface area contributed by atoms with Crippen LogP contribution >= 0.6 is 0 Å². The van der Waals surface area contributed by atoms with Gasteiger partial charge in [0.2, 0.25) is 5.91 Å². The Bertz CT molecular complexity index is 1090. The standard InChI is InChI=1S/C23H28F2N4O2/c1-22(2,3)18-12-19(29(28-18)23(4,5)6)27-20(30)9-10-21-26-13-17(31-21)15-8-7-14(24)11-16(15)25/h7-8,11-13H,9-10H2,1-6H3,(H,27,30). The molecular formula is C23H28F2N4O2. The second-order valence-electron chi connectivity index (χ2n) is 9.54. The average Bonchev–Trinajstić information content (AvgIpc) is 3.26. The molecule has 1 N–H and O–H groups in total. The molecule has 1 amide bonds. The van der Waals surface area contributed by atoms with Crippen LogP contribution in [0, 0.1) is 11.6 Å². The maximum absolute atomic E-state index is 13.9. The van der Waals surface area contributed by atoms with Crippen molar-refractivity contribution in [2.24, 2.45) is 0 Å². The largest absolute Gasteiger partial charge is 0.441 e. The summed E-state index contributed by atoms with van der Waals surface area (Å²) >= 11 is 0. The monoisotopic (exact) mass is 430 g/mol. The van der Waals surface area contributed by atoms with Gasteiger partial charge in [0.15, 0.2) is 11.7 Å². The summed E-state index contributed by atoms with van der Waals surface area (Å²) in [6.45, 7) is 12.3. The highest BCUT2D eigenvalue weighted by Gasteiger charge is 2.25. The van der Waals surface area contributed by atoms with Gasteiger partial charge in [0.05, 0.1) is 23.0 Å². The lowest BCUT2D eigenvalue weighted by atomic mass is 9.92. The highest BCUT2D eigenvalue weighted by molar-refractivity contribution is 5.90. The van der Waals surface area contributed by atoms with Crippen molar-refractivity contribution in [3.63, 3.8) is 0 Å². The van der Waals surface area contributed by atoms with Gasteiger partial charge in [-0.2, -0.15) is 5.10 Å². The molecule has 0 bridgehead atoms. The molecule has 0 aliphatic rings. The van der Waals surface area contributed by atoms with Gasteiger partial charge < -0.3 is 9.73 Å². The van der Waals surface area contributed by atoms with Gasteiger partial charge in [0.1, 0.15) is 17.5 Å². The number of nitrogens with one attached hydrogen (secondary N) is 1. The Balaban J connectivity index is 1.69. The molecule has 8 heteroatoms. The molecular weight excluding hydrogens is 402 g/mol. The van der Waals surface area contributed by atoms with Gasteiger partial charge in [0, 0.05) is 30.4 Å². The molecule has 0 radical (unpaired) electrons. The lowest BCUT2D eigenvalue weighted by Crippen LogP contribution is -2.27. The normalized spacial score (nSPS) is 12.3. The van der Waals surface area contributed by atoms with Crippen molar-refractivity contribution in [1.82, 2.24) is 14.8 Å². The number of amides is 1. The number of halogens is 2. The maximum Gasteiger partial charge on any atom is 0.226 e. The van der Waals surface area contributed by atoms with Crippen LogP contribution in [-0.4, -0.2) is 20.7 Å². The Labute approximate surface area is 180 Å². The van der Waals surface area contributed by atoms with Gasteiger partial charge in [-0.15, -0.1) is 0 Å². The Morgan fingerprint density at radius 2 is 1.84 bits per heavy atom. The predicted octanol–water partition coefficient (Wildman–Crippen LogP) is 5.44. The fourth-order valence-corrected chi connectivity index (χ4v) is 3.01. The first-order valence-corrected chi connectivity index (χ1v) is 10.2. The van der Waals surface area contributed by atoms with Crippen LogP contribution in [0.3, 0.4) is 0 Å². The second kappa shape index (κ2) is 8.24. The Morgan fingerprint density at radius 3 is 2.45 bits per heavy atom. The molecule has 0 aliphatic carbocycles. The van der Waals surface area contributed by atoms with E-state index in [2.05, 4.69) is 36.2 Å². The summed E-state index contributed by atoms with van der Waals surface area (Å²) in [5.74, 6) is -0.489. The van der Waals surface area contributed by atoms with Crippen molar-refractivity contribution < 1.29 is 18.0 Å². The van der Waals surface area contributed by atoms with E-state index in [1.54, 1.807) is 0 Å². The van der Waals surface area contributed by atoms with E-state index >= 15 is 0 Å². The quantitative estimate of drug-likeness (QED) is 0.585. The molecule has 31 heavy (non-hydrogen) atoms. The van der Waals surface area contributed by atoms with Gasteiger partial charge in [-0.3, -0.25) is 4.79 Å². The number of carbonyl (C=O) groups is 1. The maximum atomic E-state index is 13.9. The number of oxazole rings is 1. The smallest absolute Gasteiger partial charge is 0.226 e. The summed E-state index contributed by atoms with van der Waals surface area (Å²) in [6.07, 6.45) is 1.74. The van der Waals surface area contributed by atoms with E-state index in [-0.39, 0.29) is 41.0 Å². The van der Waals surface area contributed by atoms with Crippen LogP contribution in [0.25, 0.3) is 11.3 Å². The molecule has 2 heterocycles. The minimum absolute atomic E-state index is 0.119. The SMILES string of the molecule is CC(C)(C)c1cc(NC(=O)CCc2ncc(-c3ccc(F)cc3F)o2)n(C(C)(C)C)n1. The highest BCUT2D eigenvalue weighted by atomic mass is 19.1. The highest BCUT2D eigenvalue weighted by Crippen LogP contribution is 2.28. The van der Waals surface area contributed by atoms with E-state index in [4.69, 9.17) is 4.42 Å². The number of carbonyl (C=O) groups excluding carboxylic acids is 1. The van der Waals surface area contributed by atoms with Crippen molar-refractivity contribution in [3.05, 3.63) is 53.7 Å². The summed E-state index contributed by atoms with van der Waals surface area (Å²) in [5, 5.41) is 7.61. The summed E-state index contributed by atoms with van der Waals surface area (Å²) < 4.78 is 34.4. The van der Waals surface area contributed by atoms with Crippen molar-refractivity contribution in [2.75, 3.05) is 5.32 Å². The van der Waals surface area contributed by atoms with E-state index in [1.807, 2.05) is 31.5 Å². The topological polar surface area (TPSA) is 73.0 Å². The Morgan fingerprint density at radius 1 is 1.13 bits per heavy atom. The number of hydrogen-bond acceptors (Lipinski definition) is 4. The number of aromatic nitrogens is 3. The lowest BCUT2D eigenvalue weighted by molar-refractivity contribution is -0.116. The number of hydrogen-bond donors (Lipinski definition) is 1. The predicted molar refractivity (Wildman–Crippen MR) is 115 cm³/mol. The Kier molecular flexibility index (Phi) is 6.02. The van der Waals surface area contributed by atoms with E-state index in [1.165, 1.54) is 12.3 Å². The van der Waals surface area contributed by atoms with Crippen LogP contribution in [0.15, 0.2) is 34.9 Å². The number of benzene rings is 1. The van der Waals surface area contributed by atoms with Gasteiger partial charge in [-0.25, -0.2) is 18.4 Å². The molecule has 3 aromatic rings. The zero-order valence-corrected chi connectivity index (χ0v) is 18.7. The molecule has 2 aromatic heterocycles. The van der Waals surface area contributed by atoms with Crippen LogP contribution in [-0.2, 0) is 22.2 Å². The molecule has 3 rings (SSSR count). The first-order valence-electron chi connectivity index (χ1n) is 10.2. The van der Waals surface area contributed by atoms with Crippen molar-refractivity contribution in [3.8, 4) is 11.3 Å². The summed E-state index contributed by atoms with van der Waals surface area (Å²) in [5.41, 5.74) is 0.549. The molecule has 0 unspecified atom stereocenters. The molecule has 0 atom stereocenters.